The van der Waals surface area contributed by atoms with Crippen LogP contribution in [0, 0.1) is 6.92 Å². The Morgan fingerprint density at radius 3 is 2.15 bits per heavy atom. The lowest BCUT2D eigenvalue weighted by molar-refractivity contribution is -0.121. The van der Waals surface area contributed by atoms with Gasteiger partial charge in [-0.05, 0) is 62.6 Å². The van der Waals surface area contributed by atoms with E-state index in [9.17, 15) is 9.59 Å². The third-order valence-electron chi connectivity index (χ3n) is 5.37. The van der Waals surface area contributed by atoms with Crippen molar-refractivity contribution in [2.75, 3.05) is 28.2 Å². The van der Waals surface area contributed by atoms with Crippen molar-refractivity contribution < 1.29 is 9.59 Å². The average Bonchev–Trinajstić information content (AvgIpc) is 2.98. The van der Waals surface area contributed by atoms with Crippen molar-refractivity contribution in [3.05, 3.63) is 54.1 Å². The number of nitrogens with zero attached hydrogens (tertiary/aromatic N) is 2. The maximum absolute atomic E-state index is 12.8. The molecule has 2 amide bonds. The maximum Gasteiger partial charge on any atom is 0.256 e. The number of benzene rings is 2. The zero-order valence-electron chi connectivity index (χ0n) is 15.6. The summed E-state index contributed by atoms with van der Waals surface area (Å²) in [5, 5.41) is 3.19. The molecule has 0 bridgehead atoms. The molecule has 2 fully saturated rings. The van der Waals surface area contributed by atoms with Crippen LogP contribution in [0.25, 0.3) is 0 Å². The van der Waals surface area contributed by atoms with E-state index in [1.807, 2.05) is 55.5 Å². The fraction of sp³-hybridized carbons (Fsp3) is 0.364. The molecule has 2 heterocycles. The Labute approximate surface area is 160 Å². The van der Waals surface area contributed by atoms with E-state index in [4.69, 9.17) is 0 Å². The molecule has 2 aromatic carbocycles. The highest BCUT2D eigenvalue weighted by atomic mass is 16.2. The van der Waals surface area contributed by atoms with Crippen molar-refractivity contribution in [3.63, 3.8) is 0 Å². The Kier molecular flexibility index (Phi) is 4.84. The highest BCUT2D eigenvalue weighted by Crippen LogP contribution is 2.28. The standard InChI is InChI=1S/C22H25N3O2/c1-16-5-7-17(8-6-16)23-20-15-21(26)25(22(20)27)19-11-9-18(10-12-19)24-13-3-2-4-14-24/h5-12,20,23H,2-4,13-15H2,1H3/t20-/m1/s1. The molecule has 140 valence electrons. The quantitative estimate of drug-likeness (QED) is 0.841. The van der Waals surface area contributed by atoms with Crippen LogP contribution in [-0.4, -0.2) is 30.9 Å². The zero-order valence-corrected chi connectivity index (χ0v) is 15.6. The molecule has 0 aliphatic carbocycles. The molecule has 1 N–H and O–H groups in total. The Morgan fingerprint density at radius 2 is 1.48 bits per heavy atom. The molecule has 1 atom stereocenters. The van der Waals surface area contributed by atoms with Gasteiger partial charge in [0, 0.05) is 24.5 Å². The summed E-state index contributed by atoms with van der Waals surface area (Å²) in [4.78, 5) is 29.0. The van der Waals surface area contributed by atoms with Gasteiger partial charge >= 0.3 is 0 Å². The first kappa shape index (κ1) is 17.6. The van der Waals surface area contributed by atoms with Gasteiger partial charge in [-0.3, -0.25) is 9.59 Å². The van der Waals surface area contributed by atoms with Crippen molar-refractivity contribution >= 4 is 28.9 Å². The second-order valence-electron chi connectivity index (χ2n) is 7.40. The lowest BCUT2D eigenvalue weighted by Crippen LogP contribution is -2.35. The minimum Gasteiger partial charge on any atom is -0.373 e. The molecule has 0 radical (unpaired) electrons. The van der Waals surface area contributed by atoms with E-state index in [0.717, 1.165) is 30.0 Å². The van der Waals surface area contributed by atoms with Crippen molar-refractivity contribution in [2.24, 2.45) is 0 Å². The van der Waals surface area contributed by atoms with Gasteiger partial charge in [0.2, 0.25) is 5.91 Å². The first-order valence-corrected chi connectivity index (χ1v) is 9.67. The van der Waals surface area contributed by atoms with Crippen LogP contribution in [0.15, 0.2) is 48.5 Å². The summed E-state index contributed by atoms with van der Waals surface area (Å²) >= 11 is 0. The summed E-state index contributed by atoms with van der Waals surface area (Å²) in [5.41, 5.74) is 3.82. The van der Waals surface area contributed by atoms with Crippen LogP contribution in [0.5, 0.6) is 0 Å². The van der Waals surface area contributed by atoms with E-state index < -0.39 is 6.04 Å². The molecule has 2 saturated heterocycles. The van der Waals surface area contributed by atoms with Crippen LogP contribution in [0.3, 0.4) is 0 Å². The van der Waals surface area contributed by atoms with Crippen LogP contribution in [0.2, 0.25) is 0 Å². The van der Waals surface area contributed by atoms with E-state index in [2.05, 4.69) is 10.2 Å². The van der Waals surface area contributed by atoms with Crippen LogP contribution in [-0.2, 0) is 9.59 Å². The highest BCUT2D eigenvalue weighted by molar-refractivity contribution is 6.23. The van der Waals surface area contributed by atoms with Crippen LogP contribution in [0.4, 0.5) is 17.1 Å². The first-order valence-electron chi connectivity index (χ1n) is 9.67. The molecule has 5 nitrogen and oxygen atoms in total. The minimum atomic E-state index is -0.512. The van der Waals surface area contributed by atoms with E-state index in [0.29, 0.717) is 5.69 Å². The SMILES string of the molecule is Cc1ccc(N[C@@H]2CC(=O)N(c3ccc(N4CCCCC4)cc3)C2=O)cc1. The second kappa shape index (κ2) is 7.43. The number of aryl methyl sites for hydroxylation is 1. The number of carbonyl (C=O) groups is 2. The summed E-state index contributed by atoms with van der Waals surface area (Å²) in [7, 11) is 0. The van der Waals surface area contributed by atoms with Gasteiger partial charge in [-0.2, -0.15) is 0 Å². The summed E-state index contributed by atoms with van der Waals surface area (Å²) in [6, 6.07) is 15.1. The third-order valence-corrected chi connectivity index (χ3v) is 5.37. The van der Waals surface area contributed by atoms with E-state index in [1.54, 1.807) is 0 Å². The van der Waals surface area contributed by atoms with Gasteiger partial charge < -0.3 is 10.2 Å². The minimum absolute atomic E-state index is 0.157. The number of carbonyl (C=O) groups excluding carboxylic acids is 2. The number of rotatable bonds is 4. The number of hydrogen-bond donors (Lipinski definition) is 1. The van der Waals surface area contributed by atoms with Gasteiger partial charge in [-0.25, -0.2) is 4.90 Å². The lowest BCUT2D eigenvalue weighted by Gasteiger charge is -2.29. The second-order valence-corrected chi connectivity index (χ2v) is 7.40. The van der Waals surface area contributed by atoms with Gasteiger partial charge in [-0.15, -0.1) is 0 Å². The zero-order chi connectivity index (χ0) is 18.8. The number of imide groups is 1. The predicted octanol–water partition coefficient (Wildman–Crippen LogP) is 3.73. The molecule has 27 heavy (non-hydrogen) atoms. The normalized spacial score (nSPS) is 20.3. The average molecular weight is 363 g/mol. The third kappa shape index (κ3) is 3.68. The molecule has 2 aromatic rings. The first-order chi connectivity index (χ1) is 13.1. The Bertz CT molecular complexity index is 824. The summed E-state index contributed by atoms with van der Waals surface area (Å²) < 4.78 is 0. The molecule has 0 spiro atoms. The molecule has 4 rings (SSSR count). The Morgan fingerprint density at radius 1 is 0.852 bits per heavy atom. The molecule has 2 aliphatic heterocycles. The number of amides is 2. The molecule has 5 heteroatoms. The predicted molar refractivity (Wildman–Crippen MR) is 108 cm³/mol. The molecule has 0 saturated carbocycles. The van der Waals surface area contributed by atoms with Crippen molar-refractivity contribution in [1.29, 1.82) is 0 Å². The molecular weight excluding hydrogens is 338 g/mol. The number of nitrogens with one attached hydrogen (secondary N) is 1. The Balaban J connectivity index is 1.47. The summed E-state index contributed by atoms with van der Waals surface area (Å²) in [6.07, 6.45) is 3.91. The van der Waals surface area contributed by atoms with Gasteiger partial charge in [0.1, 0.15) is 6.04 Å². The van der Waals surface area contributed by atoms with E-state index >= 15 is 0 Å². The highest BCUT2D eigenvalue weighted by Gasteiger charge is 2.39. The van der Waals surface area contributed by atoms with Crippen molar-refractivity contribution in [2.45, 2.75) is 38.6 Å². The maximum atomic E-state index is 12.8. The van der Waals surface area contributed by atoms with Gasteiger partial charge in [0.05, 0.1) is 12.1 Å². The smallest absolute Gasteiger partial charge is 0.256 e. The van der Waals surface area contributed by atoms with Gasteiger partial charge in [0.15, 0.2) is 0 Å². The number of anilines is 3. The molecule has 0 unspecified atom stereocenters. The van der Waals surface area contributed by atoms with Crippen molar-refractivity contribution in [3.8, 4) is 0 Å². The summed E-state index contributed by atoms with van der Waals surface area (Å²) in [5.74, 6) is -0.346. The van der Waals surface area contributed by atoms with E-state index in [1.165, 1.54) is 24.2 Å². The van der Waals surface area contributed by atoms with Crippen LogP contribution < -0.4 is 15.1 Å². The number of piperidine rings is 1. The largest absolute Gasteiger partial charge is 0.373 e. The molecular formula is C22H25N3O2. The molecule has 0 aromatic heterocycles. The Hall–Kier alpha value is -2.82. The van der Waals surface area contributed by atoms with Crippen LogP contribution in [0.1, 0.15) is 31.2 Å². The monoisotopic (exact) mass is 363 g/mol. The lowest BCUT2D eigenvalue weighted by atomic mass is 10.1. The van der Waals surface area contributed by atoms with Gasteiger partial charge in [-0.1, -0.05) is 17.7 Å². The van der Waals surface area contributed by atoms with Crippen LogP contribution >= 0.6 is 0 Å². The summed E-state index contributed by atoms with van der Waals surface area (Å²) in [6.45, 7) is 4.16. The van der Waals surface area contributed by atoms with E-state index in [-0.39, 0.29) is 18.2 Å². The van der Waals surface area contributed by atoms with Gasteiger partial charge in [0.25, 0.3) is 5.91 Å². The fourth-order valence-electron chi connectivity index (χ4n) is 3.83. The number of hydrogen-bond acceptors (Lipinski definition) is 4. The topological polar surface area (TPSA) is 52.7 Å². The molecule has 2 aliphatic rings. The fourth-order valence-corrected chi connectivity index (χ4v) is 3.83. The van der Waals surface area contributed by atoms with Crippen molar-refractivity contribution in [1.82, 2.24) is 0 Å².